The van der Waals surface area contributed by atoms with Crippen LogP contribution in [0.25, 0.3) is 0 Å². The molecule has 180 valence electrons. The van der Waals surface area contributed by atoms with Crippen molar-refractivity contribution < 1.29 is 14.3 Å². The van der Waals surface area contributed by atoms with Gasteiger partial charge in [-0.3, -0.25) is 10.1 Å². The third-order valence-corrected chi connectivity index (χ3v) is 6.20. The molecule has 0 unspecified atom stereocenters. The summed E-state index contributed by atoms with van der Waals surface area (Å²) in [6.45, 7) is 10.4. The van der Waals surface area contributed by atoms with Crippen LogP contribution in [0.4, 0.5) is 10.5 Å². The van der Waals surface area contributed by atoms with Gasteiger partial charge in [-0.15, -0.1) is 10.2 Å². The molecule has 0 aliphatic carbocycles. The number of urea groups is 1. The fraction of sp³-hybridized carbons (Fsp3) is 0.333. The second-order valence-corrected chi connectivity index (χ2v) is 9.81. The van der Waals surface area contributed by atoms with Crippen LogP contribution in [0.2, 0.25) is 0 Å². The van der Waals surface area contributed by atoms with Crippen LogP contribution in [0.5, 0.6) is 5.75 Å². The Kier molecular flexibility index (Phi) is 7.83. The highest BCUT2D eigenvalue weighted by Gasteiger charge is 2.16. The number of nitrogens with two attached hydrogens (primary N) is 1. The van der Waals surface area contributed by atoms with Gasteiger partial charge in [-0.05, 0) is 54.2 Å². The van der Waals surface area contributed by atoms with E-state index in [1.807, 2.05) is 50.2 Å². The van der Waals surface area contributed by atoms with E-state index < -0.39 is 11.9 Å². The van der Waals surface area contributed by atoms with Crippen molar-refractivity contribution in [3.05, 3.63) is 65.0 Å². The molecule has 9 nitrogen and oxygen atoms in total. The molecule has 0 aliphatic rings. The number of benzene rings is 2. The third kappa shape index (κ3) is 6.50. The molecule has 3 aromatic rings. The molecule has 2 aromatic carbocycles. The molecular weight excluding hydrogens is 452 g/mol. The first-order valence-corrected chi connectivity index (χ1v) is 11.8. The Hall–Kier alpha value is -3.53. The van der Waals surface area contributed by atoms with Crippen LogP contribution in [0.15, 0.2) is 47.6 Å². The van der Waals surface area contributed by atoms with Gasteiger partial charge < -0.3 is 15.9 Å². The fourth-order valence-corrected chi connectivity index (χ4v) is 3.71. The number of ether oxygens (including phenoxy) is 1. The number of nitrogens with zero attached hydrogens (tertiary/aromatic N) is 3. The van der Waals surface area contributed by atoms with Gasteiger partial charge in [0.25, 0.3) is 0 Å². The van der Waals surface area contributed by atoms with Crippen molar-refractivity contribution in [1.29, 1.82) is 0 Å². The number of hydrogen-bond donors (Lipinski definition) is 3. The SMILES string of the molecule is Cc1cccc(NC(=O)NC(=O)CSc2nnc(COc3ccc(C(C)(C)C)cc3)n2N)c1C. The minimum atomic E-state index is -0.597. The molecule has 0 aliphatic heterocycles. The Morgan fingerprint density at radius 3 is 2.47 bits per heavy atom. The highest BCUT2D eigenvalue weighted by Crippen LogP contribution is 2.25. The molecule has 34 heavy (non-hydrogen) atoms. The normalized spacial score (nSPS) is 11.2. The van der Waals surface area contributed by atoms with E-state index in [1.54, 1.807) is 6.07 Å². The van der Waals surface area contributed by atoms with E-state index >= 15 is 0 Å². The molecule has 0 saturated carbocycles. The van der Waals surface area contributed by atoms with Crippen molar-refractivity contribution in [2.24, 2.45) is 0 Å². The van der Waals surface area contributed by atoms with Crippen molar-refractivity contribution in [2.75, 3.05) is 16.9 Å². The maximum atomic E-state index is 12.2. The molecule has 1 heterocycles. The summed E-state index contributed by atoms with van der Waals surface area (Å²) in [6, 6.07) is 12.8. The Morgan fingerprint density at radius 2 is 1.79 bits per heavy atom. The number of thioether (sulfide) groups is 1. The molecule has 0 fully saturated rings. The minimum Gasteiger partial charge on any atom is -0.486 e. The van der Waals surface area contributed by atoms with Gasteiger partial charge >= 0.3 is 6.03 Å². The maximum absolute atomic E-state index is 12.2. The summed E-state index contributed by atoms with van der Waals surface area (Å²) in [5.74, 6) is 6.63. The number of hydrogen-bond acceptors (Lipinski definition) is 7. The molecular formula is C24H30N6O3S. The van der Waals surface area contributed by atoms with Gasteiger partial charge in [0, 0.05) is 5.69 Å². The molecule has 0 radical (unpaired) electrons. The van der Waals surface area contributed by atoms with Gasteiger partial charge in [0.05, 0.1) is 5.75 Å². The Balaban J connectivity index is 1.48. The van der Waals surface area contributed by atoms with Crippen molar-refractivity contribution in [3.63, 3.8) is 0 Å². The molecule has 0 spiro atoms. The number of carbonyl (C=O) groups excluding carboxylic acids is 2. The van der Waals surface area contributed by atoms with E-state index in [2.05, 4.69) is 41.6 Å². The predicted molar refractivity (Wildman–Crippen MR) is 133 cm³/mol. The monoisotopic (exact) mass is 482 g/mol. The summed E-state index contributed by atoms with van der Waals surface area (Å²) >= 11 is 1.07. The number of nitrogens with one attached hydrogen (secondary N) is 2. The van der Waals surface area contributed by atoms with E-state index in [-0.39, 0.29) is 17.8 Å². The molecule has 10 heteroatoms. The molecule has 4 N–H and O–H groups in total. The number of anilines is 1. The molecule has 0 atom stereocenters. The summed E-state index contributed by atoms with van der Waals surface area (Å²) in [5, 5.41) is 13.4. The van der Waals surface area contributed by atoms with Crippen molar-refractivity contribution in [2.45, 2.75) is 51.8 Å². The largest absolute Gasteiger partial charge is 0.486 e. The standard InChI is InChI=1S/C24H30N6O3S/c1-15-7-6-8-19(16(15)2)26-22(32)27-21(31)14-34-23-29-28-20(30(23)25)13-33-18-11-9-17(10-12-18)24(3,4)5/h6-12H,13-14,25H2,1-5H3,(H2,26,27,31,32). The first kappa shape index (κ1) is 25.1. The summed E-state index contributed by atoms with van der Waals surface area (Å²) in [5.41, 5.74) is 3.91. The Morgan fingerprint density at radius 1 is 1.09 bits per heavy atom. The lowest BCUT2D eigenvalue weighted by molar-refractivity contribution is -0.117. The fourth-order valence-electron chi connectivity index (χ4n) is 3.04. The van der Waals surface area contributed by atoms with Crippen LogP contribution >= 0.6 is 11.8 Å². The average Bonchev–Trinajstić information content (AvgIpc) is 3.13. The van der Waals surface area contributed by atoms with E-state index in [1.165, 1.54) is 10.2 Å². The van der Waals surface area contributed by atoms with Gasteiger partial charge in [-0.25, -0.2) is 9.47 Å². The van der Waals surface area contributed by atoms with E-state index in [0.717, 1.165) is 22.9 Å². The smallest absolute Gasteiger partial charge is 0.325 e. The number of aromatic nitrogens is 3. The van der Waals surface area contributed by atoms with Crippen LogP contribution in [0.1, 0.15) is 43.3 Å². The summed E-state index contributed by atoms with van der Waals surface area (Å²) in [6.07, 6.45) is 0. The van der Waals surface area contributed by atoms with Gasteiger partial charge in [0.1, 0.15) is 12.4 Å². The quantitative estimate of drug-likeness (QED) is 0.344. The number of aryl methyl sites for hydroxylation is 1. The predicted octanol–water partition coefficient (Wildman–Crippen LogP) is 3.93. The first-order valence-electron chi connectivity index (χ1n) is 10.8. The maximum Gasteiger partial charge on any atom is 0.325 e. The second-order valence-electron chi connectivity index (χ2n) is 8.87. The number of imide groups is 1. The molecule has 0 bridgehead atoms. The molecule has 3 amide bonds. The summed E-state index contributed by atoms with van der Waals surface area (Å²) < 4.78 is 7.04. The number of rotatable bonds is 7. The van der Waals surface area contributed by atoms with Crippen molar-refractivity contribution in [1.82, 2.24) is 20.2 Å². The molecule has 0 saturated heterocycles. The number of nitrogen functional groups attached to an aromatic ring is 1. The average molecular weight is 483 g/mol. The van der Waals surface area contributed by atoms with Crippen molar-refractivity contribution in [3.8, 4) is 5.75 Å². The van der Waals surface area contributed by atoms with Crippen LogP contribution in [-0.4, -0.2) is 32.6 Å². The zero-order chi connectivity index (χ0) is 24.9. The van der Waals surface area contributed by atoms with Crippen LogP contribution < -0.4 is 21.2 Å². The molecule has 3 rings (SSSR count). The lowest BCUT2D eigenvalue weighted by Crippen LogP contribution is -2.35. The highest BCUT2D eigenvalue weighted by molar-refractivity contribution is 7.99. The van der Waals surface area contributed by atoms with E-state index in [0.29, 0.717) is 22.4 Å². The highest BCUT2D eigenvalue weighted by atomic mass is 32.2. The van der Waals surface area contributed by atoms with Crippen LogP contribution in [0.3, 0.4) is 0 Å². The van der Waals surface area contributed by atoms with Gasteiger partial charge in [-0.2, -0.15) is 0 Å². The van der Waals surface area contributed by atoms with Gasteiger partial charge in [0.2, 0.25) is 11.1 Å². The number of carbonyl (C=O) groups is 2. The Bertz CT molecular complexity index is 1170. The summed E-state index contributed by atoms with van der Waals surface area (Å²) in [4.78, 5) is 24.3. The summed E-state index contributed by atoms with van der Waals surface area (Å²) in [7, 11) is 0. The van der Waals surface area contributed by atoms with Gasteiger partial charge in [0.15, 0.2) is 5.82 Å². The minimum absolute atomic E-state index is 0.0509. The van der Waals surface area contributed by atoms with E-state index in [9.17, 15) is 9.59 Å². The second kappa shape index (κ2) is 10.6. The topological polar surface area (TPSA) is 124 Å². The first-order chi connectivity index (χ1) is 16.0. The zero-order valence-electron chi connectivity index (χ0n) is 20.0. The Labute approximate surface area is 203 Å². The third-order valence-electron chi connectivity index (χ3n) is 5.26. The number of amides is 3. The van der Waals surface area contributed by atoms with Crippen molar-refractivity contribution >= 4 is 29.4 Å². The van der Waals surface area contributed by atoms with Gasteiger partial charge in [-0.1, -0.05) is 56.8 Å². The zero-order valence-corrected chi connectivity index (χ0v) is 20.8. The lowest BCUT2D eigenvalue weighted by Gasteiger charge is -2.19. The van der Waals surface area contributed by atoms with E-state index in [4.69, 9.17) is 10.6 Å². The van der Waals surface area contributed by atoms with Crippen LogP contribution in [-0.2, 0) is 16.8 Å². The van der Waals surface area contributed by atoms with Crippen LogP contribution in [0, 0.1) is 13.8 Å². The lowest BCUT2D eigenvalue weighted by atomic mass is 9.87. The molecule has 1 aromatic heterocycles.